The number of carbonyl (C=O) groups is 1. The van der Waals surface area contributed by atoms with Gasteiger partial charge < -0.3 is 9.80 Å². The second-order valence-electron chi connectivity index (χ2n) is 10.5. The fourth-order valence-electron chi connectivity index (χ4n) is 5.61. The topological polar surface area (TPSA) is 26.8 Å². The van der Waals surface area contributed by atoms with Crippen molar-refractivity contribution >= 4 is 5.91 Å². The maximum absolute atomic E-state index is 13.6. The number of nitrogens with zero attached hydrogens (tertiary/aromatic N) is 3. The van der Waals surface area contributed by atoms with Crippen LogP contribution < -0.4 is 0 Å². The molecular weight excluding hydrogens is 406 g/mol. The summed E-state index contributed by atoms with van der Waals surface area (Å²) in [6.45, 7) is 9.23. The number of amides is 1. The van der Waals surface area contributed by atoms with Gasteiger partial charge in [0, 0.05) is 24.7 Å². The number of rotatable bonds is 8. The van der Waals surface area contributed by atoms with Crippen LogP contribution in [0, 0.1) is 19.8 Å². The van der Waals surface area contributed by atoms with E-state index < -0.39 is 0 Å². The van der Waals surface area contributed by atoms with Crippen LogP contribution in [0.15, 0.2) is 42.5 Å². The molecule has 4 nitrogen and oxygen atoms in total. The lowest BCUT2D eigenvalue weighted by atomic mass is 9.94. The molecule has 33 heavy (non-hydrogen) atoms. The van der Waals surface area contributed by atoms with Crippen molar-refractivity contribution in [2.75, 3.05) is 46.8 Å². The number of piperidine rings is 1. The Morgan fingerprint density at radius 3 is 2.24 bits per heavy atom. The van der Waals surface area contributed by atoms with Gasteiger partial charge in [-0.3, -0.25) is 9.69 Å². The minimum atomic E-state index is 0.212. The SMILES string of the molecule is Cc1cccc(C(=O)N(CCCN(C)C)CC2CCN(C3Cc4ccccc4C3)CC2)c1C. The fraction of sp³-hybridized carbons (Fsp3) is 0.552. The minimum absolute atomic E-state index is 0.212. The molecule has 0 radical (unpaired) electrons. The Morgan fingerprint density at radius 1 is 0.939 bits per heavy atom. The monoisotopic (exact) mass is 447 g/mol. The lowest BCUT2D eigenvalue weighted by Crippen LogP contribution is -2.45. The number of hydrogen-bond donors (Lipinski definition) is 0. The van der Waals surface area contributed by atoms with E-state index in [1.165, 1.54) is 42.4 Å². The standard InChI is InChI=1S/C29H41N3O/c1-22-9-7-12-28(23(22)2)29(33)32(16-8-15-30(3)4)21-24-13-17-31(18-14-24)27-19-25-10-5-6-11-26(25)20-27/h5-7,9-12,24,27H,8,13-21H2,1-4H3. The molecule has 0 unspecified atom stereocenters. The quantitative estimate of drug-likeness (QED) is 0.593. The normalized spacial score (nSPS) is 17.5. The van der Waals surface area contributed by atoms with Crippen LogP contribution in [0.2, 0.25) is 0 Å². The van der Waals surface area contributed by atoms with Gasteiger partial charge in [0.1, 0.15) is 0 Å². The van der Waals surface area contributed by atoms with Crippen LogP contribution in [-0.2, 0) is 12.8 Å². The van der Waals surface area contributed by atoms with E-state index in [-0.39, 0.29) is 5.91 Å². The van der Waals surface area contributed by atoms with Crippen molar-refractivity contribution in [1.29, 1.82) is 0 Å². The number of carbonyl (C=O) groups excluding carboxylic acids is 1. The van der Waals surface area contributed by atoms with Gasteiger partial charge >= 0.3 is 0 Å². The summed E-state index contributed by atoms with van der Waals surface area (Å²) < 4.78 is 0. The minimum Gasteiger partial charge on any atom is -0.338 e. The van der Waals surface area contributed by atoms with Crippen LogP contribution >= 0.6 is 0 Å². The molecule has 0 saturated carbocycles. The summed E-state index contributed by atoms with van der Waals surface area (Å²) in [5.41, 5.74) is 6.27. The van der Waals surface area contributed by atoms with Gasteiger partial charge in [-0.25, -0.2) is 0 Å². The number of likely N-dealkylation sites (tertiary alicyclic amines) is 1. The van der Waals surface area contributed by atoms with Gasteiger partial charge in [-0.15, -0.1) is 0 Å². The Balaban J connectivity index is 1.36. The third-order valence-corrected chi connectivity index (χ3v) is 7.83. The maximum atomic E-state index is 13.6. The zero-order valence-electron chi connectivity index (χ0n) is 21.0. The molecule has 178 valence electrons. The van der Waals surface area contributed by atoms with E-state index in [0.29, 0.717) is 12.0 Å². The fourth-order valence-corrected chi connectivity index (χ4v) is 5.61. The average Bonchev–Trinajstić information content (AvgIpc) is 3.24. The summed E-state index contributed by atoms with van der Waals surface area (Å²) in [4.78, 5) is 20.6. The van der Waals surface area contributed by atoms with E-state index in [0.717, 1.165) is 50.3 Å². The van der Waals surface area contributed by atoms with Crippen LogP contribution in [-0.4, -0.2) is 73.5 Å². The van der Waals surface area contributed by atoms with Crippen LogP contribution in [0.4, 0.5) is 0 Å². The number of fused-ring (bicyclic) bond motifs is 1. The van der Waals surface area contributed by atoms with Gasteiger partial charge in [-0.05, 0) is 114 Å². The van der Waals surface area contributed by atoms with E-state index in [1.807, 2.05) is 12.1 Å². The summed E-state index contributed by atoms with van der Waals surface area (Å²) in [6.07, 6.45) is 5.79. The molecule has 0 N–H and O–H groups in total. The Labute approximate surface area is 200 Å². The molecule has 1 saturated heterocycles. The van der Waals surface area contributed by atoms with E-state index >= 15 is 0 Å². The molecule has 4 heteroatoms. The smallest absolute Gasteiger partial charge is 0.254 e. The molecule has 0 spiro atoms. The highest BCUT2D eigenvalue weighted by Crippen LogP contribution is 2.29. The number of benzene rings is 2. The first-order chi connectivity index (χ1) is 15.9. The summed E-state index contributed by atoms with van der Waals surface area (Å²) in [7, 11) is 4.21. The van der Waals surface area contributed by atoms with Crippen molar-refractivity contribution in [1.82, 2.24) is 14.7 Å². The van der Waals surface area contributed by atoms with E-state index in [1.54, 1.807) is 0 Å². The van der Waals surface area contributed by atoms with Crippen LogP contribution in [0.3, 0.4) is 0 Å². The van der Waals surface area contributed by atoms with Crippen molar-refractivity contribution in [3.63, 3.8) is 0 Å². The molecule has 1 aliphatic heterocycles. The lowest BCUT2D eigenvalue weighted by molar-refractivity contribution is 0.0660. The molecule has 2 aromatic rings. The van der Waals surface area contributed by atoms with Crippen molar-refractivity contribution in [2.45, 2.75) is 52.0 Å². The zero-order valence-corrected chi connectivity index (χ0v) is 21.0. The third-order valence-electron chi connectivity index (χ3n) is 7.83. The van der Waals surface area contributed by atoms with E-state index in [4.69, 9.17) is 0 Å². The number of hydrogen-bond acceptors (Lipinski definition) is 3. The molecule has 1 heterocycles. The molecule has 2 aliphatic rings. The molecule has 2 aromatic carbocycles. The first kappa shape index (κ1) is 24.0. The zero-order chi connectivity index (χ0) is 23.4. The summed E-state index contributed by atoms with van der Waals surface area (Å²) in [5, 5.41) is 0. The van der Waals surface area contributed by atoms with Crippen molar-refractivity contribution in [2.24, 2.45) is 5.92 Å². The van der Waals surface area contributed by atoms with E-state index in [9.17, 15) is 4.79 Å². The van der Waals surface area contributed by atoms with Gasteiger partial charge in [0.15, 0.2) is 0 Å². The molecule has 1 amide bonds. The van der Waals surface area contributed by atoms with Crippen LogP contribution in [0.1, 0.15) is 51.9 Å². The molecule has 1 aliphatic carbocycles. The number of aryl methyl sites for hydroxylation is 1. The van der Waals surface area contributed by atoms with Crippen molar-refractivity contribution < 1.29 is 4.79 Å². The average molecular weight is 448 g/mol. The predicted molar refractivity (Wildman–Crippen MR) is 137 cm³/mol. The summed E-state index contributed by atoms with van der Waals surface area (Å²) in [6, 6.07) is 15.7. The first-order valence-electron chi connectivity index (χ1n) is 12.7. The van der Waals surface area contributed by atoms with Gasteiger partial charge in [0.2, 0.25) is 0 Å². The van der Waals surface area contributed by atoms with Crippen molar-refractivity contribution in [3.8, 4) is 0 Å². The van der Waals surface area contributed by atoms with Gasteiger partial charge in [0.25, 0.3) is 5.91 Å². The van der Waals surface area contributed by atoms with Crippen LogP contribution in [0.25, 0.3) is 0 Å². The highest BCUT2D eigenvalue weighted by Gasteiger charge is 2.31. The van der Waals surface area contributed by atoms with Crippen molar-refractivity contribution in [3.05, 3.63) is 70.3 Å². The molecule has 0 aromatic heterocycles. The molecular formula is C29H41N3O. The maximum Gasteiger partial charge on any atom is 0.254 e. The van der Waals surface area contributed by atoms with Crippen LogP contribution in [0.5, 0.6) is 0 Å². The second-order valence-corrected chi connectivity index (χ2v) is 10.5. The highest BCUT2D eigenvalue weighted by atomic mass is 16.2. The Bertz CT molecular complexity index is 921. The molecule has 4 rings (SSSR count). The third kappa shape index (κ3) is 5.85. The molecule has 0 bridgehead atoms. The molecule has 1 fully saturated rings. The summed E-state index contributed by atoms with van der Waals surface area (Å²) in [5.74, 6) is 0.807. The Morgan fingerprint density at radius 2 is 1.61 bits per heavy atom. The first-order valence-corrected chi connectivity index (χ1v) is 12.7. The Kier molecular flexibility index (Phi) is 7.87. The second kappa shape index (κ2) is 10.8. The highest BCUT2D eigenvalue weighted by molar-refractivity contribution is 5.96. The Hall–Kier alpha value is -2.17. The van der Waals surface area contributed by atoms with Gasteiger partial charge in [0.05, 0.1) is 0 Å². The lowest BCUT2D eigenvalue weighted by Gasteiger charge is -2.38. The largest absolute Gasteiger partial charge is 0.338 e. The molecule has 0 atom stereocenters. The summed E-state index contributed by atoms with van der Waals surface area (Å²) >= 11 is 0. The van der Waals surface area contributed by atoms with Gasteiger partial charge in [-0.1, -0.05) is 36.4 Å². The van der Waals surface area contributed by atoms with E-state index in [2.05, 4.69) is 73.0 Å². The van der Waals surface area contributed by atoms with Gasteiger partial charge in [-0.2, -0.15) is 0 Å². The predicted octanol–water partition coefficient (Wildman–Crippen LogP) is 4.58.